The highest BCUT2D eigenvalue weighted by Gasteiger charge is 2.45. The Hall–Kier alpha value is -5.83. The summed E-state index contributed by atoms with van der Waals surface area (Å²) in [4.78, 5) is 47.0. The molecule has 9 heteroatoms. The van der Waals surface area contributed by atoms with Gasteiger partial charge in [-0.2, -0.15) is 0 Å². The van der Waals surface area contributed by atoms with Crippen LogP contribution in [-0.2, 0) is 11.8 Å². The largest absolute Gasteiger partial charge is 0.457 e. The first kappa shape index (κ1) is 31.8. The van der Waals surface area contributed by atoms with Crippen molar-refractivity contribution < 1.29 is 19.1 Å². The number of benzene rings is 4. The van der Waals surface area contributed by atoms with Gasteiger partial charge in [-0.15, -0.1) is 0 Å². The van der Waals surface area contributed by atoms with Crippen LogP contribution in [-0.4, -0.2) is 38.2 Å². The fraction of sp³-hybridized carbons (Fsp3) is 0.225. The SMILES string of the molecule is Cc1cccc(Oc2ccc3c(c2)cc(C(=O)NNC(=O)C(CC(C)C)N2C(=O)c4ccccc4C2c2c(C)[nH]c4ccccc24)n3C)c1. The lowest BCUT2D eigenvalue weighted by atomic mass is 9.93. The van der Waals surface area contributed by atoms with Crippen molar-refractivity contribution in [2.24, 2.45) is 13.0 Å². The van der Waals surface area contributed by atoms with Crippen LogP contribution in [0.4, 0.5) is 0 Å². The Labute approximate surface area is 284 Å². The van der Waals surface area contributed by atoms with Gasteiger partial charge in [0.05, 0.1) is 6.04 Å². The zero-order chi connectivity index (χ0) is 34.4. The summed E-state index contributed by atoms with van der Waals surface area (Å²) in [5, 5.41) is 1.82. The maximum absolute atomic E-state index is 14.2. The van der Waals surface area contributed by atoms with Gasteiger partial charge >= 0.3 is 0 Å². The van der Waals surface area contributed by atoms with Crippen molar-refractivity contribution in [3.8, 4) is 11.5 Å². The number of rotatable bonds is 8. The second kappa shape index (κ2) is 12.6. The summed E-state index contributed by atoms with van der Waals surface area (Å²) in [6.07, 6.45) is 0.400. The Morgan fingerprint density at radius 1 is 0.878 bits per heavy atom. The molecule has 1 aliphatic rings. The van der Waals surface area contributed by atoms with E-state index in [0.29, 0.717) is 23.4 Å². The Kier molecular flexibility index (Phi) is 8.20. The molecule has 0 bridgehead atoms. The number of ether oxygens (including phenoxy) is 1. The number of aromatic nitrogens is 2. The van der Waals surface area contributed by atoms with Crippen molar-refractivity contribution in [2.45, 2.75) is 46.2 Å². The highest BCUT2D eigenvalue weighted by atomic mass is 16.5. The molecule has 7 rings (SSSR count). The van der Waals surface area contributed by atoms with E-state index in [4.69, 9.17) is 4.74 Å². The minimum Gasteiger partial charge on any atom is -0.457 e. The van der Waals surface area contributed by atoms with Gasteiger partial charge in [0.1, 0.15) is 23.2 Å². The molecule has 49 heavy (non-hydrogen) atoms. The van der Waals surface area contributed by atoms with Gasteiger partial charge in [0.15, 0.2) is 0 Å². The van der Waals surface area contributed by atoms with E-state index in [9.17, 15) is 14.4 Å². The van der Waals surface area contributed by atoms with Crippen LogP contribution in [0.5, 0.6) is 11.5 Å². The summed E-state index contributed by atoms with van der Waals surface area (Å²) in [6, 6.07) is 29.4. The highest BCUT2D eigenvalue weighted by Crippen LogP contribution is 2.44. The third-order valence-corrected chi connectivity index (χ3v) is 9.32. The van der Waals surface area contributed by atoms with Crippen LogP contribution in [0.2, 0.25) is 0 Å². The third kappa shape index (κ3) is 5.82. The normalized spacial score (nSPS) is 14.8. The molecule has 2 unspecified atom stereocenters. The first-order chi connectivity index (χ1) is 23.6. The van der Waals surface area contributed by atoms with Gasteiger partial charge in [-0.05, 0) is 85.8 Å². The van der Waals surface area contributed by atoms with Crippen molar-refractivity contribution in [3.63, 3.8) is 0 Å². The zero-order valence-electron chi connectivity index (χ0n) is 28.2. The van der Waals surface area contributed by atoms with E-state index in [1.54, 1.807) is 22.6 Å². The standard InChI is InChI=1S/C40H39N5O4/c1-23(2)19-35(45-37(29-13-6-7-14-30(29)40(45)48)36-25(4)41-32-16-9-8-15-31(32)36)39(47)43-42-38(46)34-22-26-21-28(17-18-33(26)44(34)5)49-27-12-10-11-24(3)20-27/h6-18,20-23,35,37,41H,19H2,1-5H3,(H,42,46)(H,43,47). The van der Waals surface area contributed by atoms with Gasteiger partial charge in [0.2, 0.25) is 0 Å². The molecule has 3 amide bonds. The van der Waals surface area contributed by atoms with Crippen molar-refractivity contribution in [1.29, 1.82) is 0 Å². The molecule has 0 saturated carbocycles. The number of fused-ring (bicyclic) bond motifs is 3. The number of carbonyl (C=O) groups excluding carboxylic acids is 3. The first-order valence-corrected chi connectivity index (χ1v) is 16.5. The maximum Gasteiger partial charge on any atom is 0.286 e. The van der Waals surface area contributed by atoms with Crippen molar-refractivity contribution in [1.82, 2.24) is 25.3 Å². The van der Waals surface area contributed by atoms with Gasteiger partial charge in [0.25, 0.3) is 17.7 Å². The molecule has 2 aromatic heterocycles. The monoisotopic (exact) mass is 653 g/mol. The molecule has 0 spiro atoms. The van der Waals surface area contributed by atoms with Crippen LogP contribution in [0.1, 0.15) is 69.5 Å². The second-order valence-electron chi connectivity index (χ2n) is 13.2. The smallest absolute Gasteiger partial charge is 0.286 e. The lowest BCUT2D eigenvalue weighted by Gasteiger charge is -2.34. The number of carbonyl (C=O) groups is 3. The zero-order valence-corrected chi connectivity index (χ0v) is 28.2. The third-order valence-electron chi connectivity index (χ3n) is 9.32. The van der Waals surface area contributed by atoms with Crippen LogP contribution in [0.15, 0.2) is 97.1 Å². The number of hydrogen-bond donors (Lipinski definition) is 3. The van der Waals surface area contributed by atoms with Crippen LogP contribution >= 0.6 is 0 Å². The number of nitrogens with one attached hydrogen (secondary N) is 3. The molecule has 0 radical (unpaired) electrons. The van der Waals surface area contributed by atoms with Crippen LogP contribution in [0.25, 0.3) is 21.8 Å². The Bertz CT molecular complexity index is 2250. The fourth-order valence-corrected chi connectivity index (χ4v) is 7.09. The molecule has 0 aliphatic carbocycles. The van der Waals surface area contributed by atoms with Crippen molar-refractivity contribution in [3.05, 3.63) is 131 Å². The van der Waals surface area contributed by atoms with Gasteiger partial charge in [-0.25, -0.2) is 0 Å². The van der Waals surface area contributed by atoms with E-state index in [1.165, 1.54) is 0 Å². The molecule has 1 aliphatic heterocycles. The first-order valence-electron chi connectivity index (χ1n) is 16.5. The Balaban J connectivity index is 1.16. The predicted octanol–water partition coefficient (Wildman–Crippen LogP) is 7.49. The van der Waals surface area contributed by atoms with E-state index < -0.39 is 23.9 Å². The number of nitrogens with zero attached hydrogens (tertiary/aromatic N) is 2. The van der Waals surface area contributed by atoms with E-state index in [2.05, 4.69) is 15.8 Å². The van der Waals surface area contributed by atoms with E-state index >= 15 is 0 Å². The predicted molar refractivity (Wildman–Crippen MR) is 191 cm³/mol. The quantitative estimate of drug-likeness (QED) is 0.148. The molecular formula is C40H39N5O4. The average Bonchev–Trinajstić information content (AvgIpc) is 3.69. The molecule has 248 valence electrons. The van der Waals surface area contributed by atoms with Crippen LogP contribution in [0, 0.1) is 19.8 Å². The summed E-state index contributed by atoms with van der Waals surface area (Å²) in [5.41, 5.74) is 11.9. The molecule has 0 fully saturated rings. The van der Waals surface area contributed by atoms with Gasteiger partial charge in [0, 0.05) is 45.7 Å². The van der Waals surface area contributed by atoms with Crippen molar-refractivity contribution >= 4 is 39.5 Å². The molecule has 0 saturated heterocycles. The van der Waals surface area contributed by atoms with Gasteiger partial charge in [-0.3, -0.25) is 25.2 Å². The Morgan fingerprint density at radius 3 is 2.43 bits per heavy atom. The number of hydrogen-bond acceptors (Lipinski definition) is 4. The molecule has 4 aromatic carbocycles. The van der Waals surface area contributed by atoms with E-state index in [1.807, 2.05) is 119 Å². The molecule has 2 atom stereocenters. The Morgan fingerprint density at radius 2 is 1.63 bits per heavy atom. The minimum absolute atomic E-state index is 0.0852. The lowest BCUT2D eigenvalue weighted by Crippen LogP contribution is -2.54. The number of amides is 3. The number of H-pyrrole nitrogens is 1. The number of para-hydroxylation sites is 1. The van der Waals surface area contributed by atoms with Crippen LogP contribution in [0.3, 0.4) is 0 Å². The average molecular weight is 654 g/mol. The molecule has 3 heterocycles. The number of hydrazine groups is 1. The summed E-state index contributed by atoms with van der Waals surface area (Å²) in [6.45, 7) is 8.04. The highest BCUT2D eigenvalue weighted by molar-refractivity contribution is 6.04. The number of aryl methyl sites for hydroxylation is 3. The van der Waals surface area contributed by atoms with Crippen molar-refractivity contribution in [2.75, 3.05) is 0 Å². The maximum atomic E-state index is 14.2. The summed E-state index contributed by atoms with van der Waals surface area (Å²) in [7, 11) is 1.80. The summed E-state index contributed by atoms with van der Waals surface area (Å²) in [5.74, 6) is 0.317. The molecule has 6 aromatic rings. The summed E-state index contributed by atoms with van der Waals surface area (Å²) < 4.78 is 7.83. The van der Waals surface area contributed by atoms with Gasteiger partial charge < -0.3 is 19.2 Å². The topological polar surface area (TPSA) is 108 Å². The minimum atomic E-state index is -0.855. The fourth-order valence-electron chi connectivity index (χ4n) is 7.09. The van der Waals surface area contributed by atoms with Gasteiger partial charge in [-0.1, -0.05) is 62.4 Å². The lowest BCUT2D eigenvalue weighted by molar-refractivity contribution is -0.127. The van der Waals surface area contributed by atoms with E-state index in [0.717, 1.165) is 49.9 Å². The van der Waals surface area contributed by atoms with Crippen LogP contribution < -0.4 is 15.6 Å². The van der Waals surface area contributed by atoms with E-state index in [-0.39, 0.29) is 11.8 Å². The molecule has 3 N–H and O–H groups in total. The number of aromatic amines is 1. The summed E-state index contributed by atoms with van der Waals surface area (Å²) >= 11 is 0. The second-order valence-corrected chi connectivity index (χ2v) is 13.2. The molecule has 9 nitrogen and oxygen atoms in total. The molecular weight excluding hydrogens is 614 g/mol.